The number of ether oxygens (including phenoxy) is 2. The van der Waals surface area contributed by atoms with Gasteiger partial charge in [0, 0.05) is 11.1 Å². The number of nitrogens with one attached hydrogen (secondary N) is 1. The Morgan fingerprint density at radius 3 is 2.54 bits per heavy atom. The maximum Gasteiger partial charge on any atom is 0.258 e. The lowest BCUT2D eigenvalue weighted by Crippen LogP contribution is -2.13. The van der Waals surface area contributed by atoms with Gasteiger partial charge >= 0.3 is 0 Å². The molecule has 0 unspecified atom stereocenters. The number of methoxy groups -OCH3 is 1. The van der Waals surface area contributed by atoms with Crippen molar-refractivity contribution < 1.29 is 18.7 Å². The van der Waals surface area contributed by atoms with E-state index in [1.165, 1.54) is 18.3 Å². The van der Waals surface area contributed by atoms with Gasteiger partial charge in [-0.2, -0.15) is 0 Å². The van der Waals surface area contributed by atoms with Gasteiger partial charge < -0.3 is 14.8 Å². The summed E-state index contributed by atoms with van der Waals surface area (Å²) in [6.07, 6.45) is 1.41. The summed E-state index contributed by atoms with van der Waals surface area (Å²) in [4.78, 5) is 16.3. The summed E-state index contributed by atoms with van der Waals surface area (Å²) in [7, 11) is 1.55. The van der Waals surface area contributed by atoms with E-state index in [0.29, 0.717) is 23.1 Å². The Morgan fingerprint density at radius 1 is 1.12 bits per heavy atom. The fourth-order valence-electron chi connectivity index (χ4n) is 2.20. The molecule has 26 heavy (non-hydrogen) atoms. The van der Waals surface area contributed by atoms with E-state index < -0.39 is 11.7 Å². The number of pyridine rings is 1. The molecule has 0 bridgehead atoms. The van der Waals surface area contributed by atoms with E-state index in [0.717, 1.165) is 6.07 Å². The maximum absolute atomic E-state index is 13.8. The van der Waals surface area contributed by atoms with Crippen LogP contribution in [0.5, 0.6) is 17.4 Å². The standard InChI is InChI=1S/C19H14ClFN2O3/c1-25-16-4-2-3-5-17(16)26-18-9-7-13(11-22-18)23-19(24)14-8-6-12(20)10-15(14)21/h2-11H,1H3,(H,23,24). The molecule has 1 N–H and O–H groups in total. The highest BCUT2D eigenvalue weighted by molar-refractivity contribution is 6.30. The van der Waals surface area contributed by atoms with Gasteiger partial charge in [0.2, 0.25) is 5.88 Å². The number of halogens is 2. The van der Waals surface area contributed by atoms with Crippen LogP contribution in [0.4, 0.5) is 10.1 Å². The topological polar surface area (TPSA) is 60.5 Å². The minimum absolute atomic E-state index is 0.108. The van der Waals surface area contributed by atoms with Gasteiger partial charge in [-0.15, -0.1) is 0 Å². The second kappa shape index (κ2) is 7.84. The highest BCUT2D eigenvalue weighted by Crippen LogP contribution is 2.30. The highest BCUT2D eigenvalue weighted by atomic mass is 35.5. The molecule has 0 fully saturated rings. The summed E-state index contributed by atoms with van der Waals surface area (Å²) in [6.45, 7) is 0. The predicted octanol–water partition coefficient (Wildman–Crippen LogP) is 4.93. The first-order valence-corrected chi connectivity index (χ1v) is 7.98. The monoisotopic (exact) mass is 372 g/mol. The van der Waals surface area contributed by atoms with Gasteiger partial charge in [-0.05, 0) is 36.4 Å². The van der Waals surface area contributed by atoms with Crippen LogP contribution in [-0.4, -0.2) is 18.0 Å². The first kappa shape index (κ1) is 17.7. The first-order chi connectivity index (χ1) is 12.6. The molecule has 0 spiro atoms. The summed E-state index contributed by atoms with van der Waals surface area (Å²) in [5, 5.41) is 2.79. The normalized spacial score (nSPS) is 10.3. The number of aromatic nitrogens is 1. The molecule has 0 aliphatic rings. The number of hydrogen-bond acceptors (Lipinski definition) is 4. The zero-order valence-corrected chi connectivity index (χ0v) is 14.5. The molecule has 3 rings (SSSR count). The molecule has 0 aliphatic heterocycles. The van der Waals surface area contributed by atoms with Crippen molar-refractivity contribution >= 4 is 23.2 Å². The Hall–Kier alpha value is -3.12. The second-order valence-corrected chi connectivity index (χ2v) is 5.65. The molecular formula is C19H14ClFN2O3. The average Bonchev–Trinajstić information content (AvgIpc) is 2.63. The molecule has 5 nitrogen and oxygen atoms in total. The van der Waals surface area contributed by atoms with Crippen LogP contribution in [0.3, 0.4) is 0 Å². The number of rotatable bonds is 5. The summed E-state index contributed by atoms with van der Waals surface area (Å²) >= 11 is 5.68. The van der Waals surface area contributed by atoms with Crippen molar-refractivity contribution in [3.63, 3.8) is 0 Å². The Morgan fingerprint density at radius 2 is 1.88 bits per heavy atom. The number of anilines is 1. The molecule has 7 heteroatoms. The summed E-state index contributed by atoms with van der Waals surface area (Å²) in [5.74, 6) is 0.121. The van der Waals surface area contributed by atoms with Gasteiger partial charge in [-0.1, -0.05) is 23.7 Å². The molecule has 1 aromatic heterocycles. The second-order valence-electron chi connectivity index (χ2n) is 5.22. The highest BCUT2D eigenvalue weighted by Gasteiger charge is 2.13. The molecule has 3 aromatic rings. The third-order valence-electron chi connectivity index (χ3n) is 3.45. The van der Waals surface area contributed by atoms with Crippen molar-refractivity contribution in [2.75, 3.05) is 12.4 Å². The number of carbonyl (C=O) groups is 1. The quantitative estimate of drug-likeness (QED) is 0.690. The SMILES string of the molecule is COc1ccccc1Oc1ccc(NC(=O)c2ccc(Cl)cc2F)cn1. The van der Waals surface area contributed by atoms with Crippen molar-refractivity contribution in [2.45, 2.75) is 0 Å². The fraction of sp³-hybridized carbons (Fsp3) is 0.0526. The van der Waals surface area contributed by atoms with Crippen LogP contribution in [0.1, 0.15) is 10.4 Å². The number of amides is 1. The van der Waals surface area contributed by atoms with Crippen LogP contribution in [-0.2, 0) is 0 Å². The lowest BCUT2D eigenvalue weighted by molar-refractivity contribution is 0.102. The zero-order valence-electron chi connectivity index (χ0n) is 13.7. The largest absolute Gasteiger partial charge is 0.493 e. The molecule has 0 radical (unpaired) electrons. The molecule has 0 aliphatic carbocycles. The van der Waals surface area contributed by atoms with Crippen LogP contribution >= 0.6 is 11.6 Å². The van der Waals surface area contributed by atoms with Crippen molar-refractivity contribution in [1.29, 1.82) is 0 Å². The van der Waals surface area contributed by atoms with E-state index in [4.69, 9.17) is 21.1 Å². The molecular weight excluding hydrogens is 359 g/mol. The Kier molecular flexibility index (Phi) is 5.34. The lowest BCUT2D eigenvalue weighted by Gasteiger charge is -2.10. The molecule has 0 saturated heterocycles. The van der Waals surface area contributed by atoms with Crippen LogP contribution in [0.15, 0.2) is 60.8 Å². The van der Waals surface area contributed by atoms with Crippen molar-refractivity contribution in [3.05, 3.63) is 77.2 Å². The molecule has 0 atom stereocenters. The van der Waals surface area contributed by atoms with Crippen molar-refractivity contribution in [3.8, 4) is 17.4 Å². The van der Waals surface area contributed by atoms with E-state index in [1.54, 1.807) is 31.4 Å². The van der Waals surface area contributed by atoms with Crippen molar-refractivity contribution in [1.82, 2.24) is 4.98 Å². The van der Waals surface area contributed by atoms with Gasteiger partial charge in [0.1, 0.15) is 5.82 Å². The Labute approximate surface area is 154 Å². The van der Waals surface area contributed by atoms with Crippen LogP contribution in [0.2, 0.25) is 5.02 Å². The minimum atomic E-state index is -0.695. The summed E-state index contributed by atoms with van der Waals surface area (Å²) in [5.41, 5.74) is 0.292. The molecule has 1 amide bonds. The fourth-order valence-corrected chi connectivity index (χ4v) is 2.36. The van der Waals surface area contributed by atoms with Gasteiger partial charge in [-0.3, -0.25) is 4.79 Å². The van der Waals surface area contributed by atoms with Gasteiger partial charge in [0.05, 0.1) is 24.6 Å². The van der Waals surface area contributed by atoms with E-state index in [2.05, 4.69) is 10.3 Å². The average molecular weight is 373 g/mol. The number of carbonyl (C=O) groups excluding carboxylic acids is 1. The maximum atomic E-state index is 13.8. The van der Waals surface area contributed by atoms with E-state index in [9.17, 15) is 9.18 Å². The van der Waals surface area contributed by atoms with E-state index >= 15 is 0 Å². The molecule has 2 aromatic carbocycles. The van der Waals surface area contributed by atoms with E-state index in [-0.39, 0.29) is 10.6 Å². The van der Waals surface area contributed by atoms with Crippen LogP contribution in [0.25, 0.3) is 0 Å². The summed E-state index contributed by atoms with van der Waals surface area (Å²) in [6, 6.07) is 14.2. The Bertz CT molecular complexity index is 932. The van der Waals surface area contributed by atoms with Gasteiger partial charge in [0.25, 0.3) is 5.91 Å². The Balaban J connectivity index is 1.70. The van der Waals surface area contributed by atoms with E-state index in [1.807, 2.05) is 12.1 Å². The van der Waals surface area contributed by atoms with Crippen LogP contribution < -0.4 is 14.8 Å². The smallest absolute Gasteiger partial charge is 0.258 e. The first-order valence-electron chi connectivity index (χ1n) is 7.60. The minimum Gasteiger partial charge on any atom is -0.493 e. The number of hydrogen-bond donors (Lipinski definition) is 1. The lowest BCUT2D eigenvalue weighted by atomic mass is 10.2. The third kappa shape index (κ3) is 4.10. The summed E-state index contributed by atoms with van der Waals surface area (Å²) < 4.78 is 24.7. The van der Waals surface area contributed by atoms with Crippen LogP contribution in [0, 0.1) is 5.82 Å². The third-order valence-corrected chi connectivity index (χ3v) is 3.69. The molecule has 132 valence electrons. The van der Waals surface area contributed by atoms with Crippen molar-refractivity contribution in [2.24, 2.45) is 0 Å². The van der Waals surface area contributed by atoms with Gasteiger partial charge in [0.15, 0.2) is 11.5 Å². The molecule has 0 saturated carbocycles. The number of nitrogens with zero attached hydrogens (tertiary/aromatic N) is 1. The molecule has 1 heterocycles. The number of benzene rings is 2. The predicted molar refractivity (Wildman–Crippen MR) is 96.7 cm³/mol. The number of para-hydroxylation sites is 2. The van der Waals surface area contributed by atoms with Gasteiger partial charge in [-0.25, -0.2) is 9.37 Å². The zero-order chi connectivity index (χ0) is 18.5.